The average molecular weight is 326 g/mol. The van der Waals surface area contributed by atoms with Gasteiger partial charge in [0.2, 0.25) is 11.7 Å². The van der Waals surface area contributed by atoms with Crippen molar-refractivity contribution < 1.29 is 19.1 Å². The third kappa shape index (κ3) is 3.02. The molecule has 0 atom stereocenters. The van der Waals surface area contributed by atoms with E-state index in [2.05, 4.69) is 20.9 Å². The van der Waals surface area contributed by atoms with E-state index in [1.807, 2.05) is 25.1 Å². The van der Waals surface area contributed by atoms with Crippen molar-refractivity contribution in [3.05, 3.63) is 39.7 Å². The molecular weight excluding hydrogens is 314 g/mol. The van der Waals surface area contributed by atoms with E-state index in [-0.39, 0.29) is 24.0 Å². The highest BCUT2D eigenvalue weighted by Gasteiger charge is 2.20. The number of ether oxygens (including phenoxy) is 1. The van der Waals surface area contributed by atoms with Crippen LogP contribution in [0.15, 0.2) is 27.1 Å². The van der Waals surface area contributed by atoms with E-state index in [4.69, 9.17) is 14.3 Å². The Kier molecular flexibility index (Phi) is 4.01. The number of oxazole rings is 1. The highest BCUT2D eigenvalue weighted by Crippen LogP contribution is 2.26. The first kappa shape index (κ1) is 13.8. The molecule has 0 spiro atoms. The van der Waals surface area contributed by atoms with Crippen LogP contribution in [0.5, 0.6) is 0 Å². The van der Waals surface area contributed by atoms with Gasteiger partial charge in [0.05, 0.1) is 6.61 Å². The van der Waals surface area contributed by atoms with Crippen LogP contribution in [0.3, 0.4) is 0 Å². The zero-order valence-electron chi connectivity index (χ0n) is 10.4. The van der Waals surface area contributed by atoms with Crippen LogP contribution >= 0.6 is 15.9 Å². The lowest BCUT2D eigenvalue weighted by atomic mass is 10.1. The molecule has 0 radical (unpaired) electrons. The van der Waals surface area contributed by atoms with E-state index >= 15 is 0 Å². The summed E-state index contributed by atoms with van der Waals surface area (Å²) in [7, 11) is 1.48. The summed E-state index contributed by atoms with van der Waals surface area (Å²) in [5.41, 5.74) is 2.02. The highest BCUT2D eigenvalue weighted by atomic mass is 79.9. The molecule has 1 aromatic heterocycles. The summed E-state index contributed by atoms with van der Waals surface area (Å²) < 4.78 is 11.1. The topological polar surface area (TPSA) is 72.6 Å². The number of carboxylic acids is 1. The Morgan fingerprint density at radius 3 is 2.79 bits per heavy atom. The quantitative estimate of drug-likeness (QED) is 0.934. The highest BCUT2D eigenvalue weighted by molar-refractivity contribution is 9.10. The minimum Gasteiger partial charge on any atom is -0.475 e. The van der Waals surface area contributed by atoms with Crippen LogP contribution in [0.4, 0.5) is 0 Å². The van der Waals surface area contributed by atoms with E-state index in [9.17, 15) is 4.79 Å². The molecular formula is C13H12BrNO4. The number of aromatic nitrogens is 1. The van der Waals surface area contributed by atoms with E-state index in [0.717, 1.165) is 15.6 Å². The maximum absolute atomic E-state index is 11.1. The molecule has 0 bridgehead atoms. The number of benzene rings is 1. The molecule has 1 aromatic carbocycles. The number of methoxy groups -OCH3 is 1. The zero-order chi connectivity index (χ0) is 14.0. The lowest BCUT2D eigenvalue weighted by Crippen LogP contribution is -2.00. The van der Waals surface area contributed by atoms with Gasteiger partial charge in [-0.15, -0.1) is 0 Å². The smallest absolute Gasteiger partial charge is 0.373 e. The summed E-state index contributed by atoms with van der Waals surface area (Å²) in [4.78, 5) is 15.3. The van der Waals surface area contributed by atoms with Gasteiger partial charge in [0.15, 0.2) is 0 Å². The van der Waals surface area contributed by atoms with E-state index in [0.29, 0.717) is 0 Å². The molecule has 0 saturated heterocycles. The molecule has 5 nitrogen and oxygen atoms in total. The number of hydrogen-bond acceptors (Lipinski definition) is 4. The predicted octanol–water partition coefficient (Wildman–Crippen LogP) is 3.26. The van der Waals surface area contributed by atoms with Gasteiger partial charge < -0.3 is 14.3 Å². The summed E-state index contributed by atoms with van der Waals surface area (Å²) in [6, 6.07) is 5.64. The largest absolute Gasteiger partial charge is 0.475 e. The first-order valence-corrected chi connectivity index (χ1v) is 6.30. The number of rotatable bonds is 4. The van der Waals surface area contributed by atoms with Gasteiger partial charge in [0, 0.05) is 17.1 Å². The van der Waals surface area contributed by atoms with Gasteiger partial charge in [-0.25, -0.2) is 9.78 Å². The molecule has 2 aromatic rings. The molecule has 6 heteroatoms. The minimum atomic E-state index is -1.16. The second-order valence-electron chi connectivity index (χ2n) is 4.05. The molecule has 1 N–H and O–H groups in total. The van der Waals surface area contributed by atoms with Gasteiger partial charge in [-0.05, 0) is 30.7 Å². The van der Waals surface area contributed by atoms with Crippen LogP contribution < -0.4 is 0 Å². The molecule has 0 fully saturated rings. The Hall–Kier alpha value is -1.66. The first-order chi connectivity index (χ1) is 9.01. The lowest BCUT2D eigenvalue weighted by molar-refractivity contribution is 0.0656. The summed E-state index contributed by atoms with van der Waals surface area (Å²) in [5, 5.41) is 9.06. The zero-order valence-corrected chi connectivity index (χ0v) is 12.0. The Balaban J connectivity index is 2.50. The van der Waals surface area contributed by atoms with Crippen molar-refractivity contribution in [1.82, 2.24) is 4.98 Å². The summed E-state index contributed by atoms with van der Waals surface area (Å²) in [5.74, 6) is -1.07. The van der Waals surface area contributed by atoms with Crippen LogP contribution in [0, 0.1) is 6.92 Å². The Morgan fingerprint density at radius 2 is 2.21 bits per heavy atom. The standard InChI is InChI=1S/C13H12BrNO4/c1-7-3-8(5-9(14)4-7)12-15-10(6-18-2)11(19-12)13(16)17/h3-5H,6H2,1-2H3,(H,16,17). The van der Waals surface area contributed by atoms with E-state index < -0.39 is 5.97 Å². The van der Waals surface area contributed by atoms with Crippen LogP contribution in [-0.4, -0.2) is 23.2 Å². The van der Waals surface area contributed by atoms with Crippen LogP contribution in [0.2, 0.25) is 0 Å². The molecule has 0 saturated carbocycles. The number of halogens is 1. The van der Waals surface area contributed by atoms with E-state index in [1.54, 1.807) is 0 Å². The first-order valence-electron chi connectivity index (χ1n) is 5.50. The fraction of sp³-hybridized carbons (Fsp3) is 0.231. The molecule has 0 aliphatic rings. The second-order valence-corrected chi connectivity index (χ2v) is 4.97. The SMILES string of the molecule is COCc1nc(-c2cc(C)cc(Br)c2)oc1C(=O)O. The summed E-state index contributed by atoms with van der Waals surface area (Å²) in [6.45, 7) is 2.03. The van der Waals surface area contributed by atoms with Crippen molar-refractivity contribution in [2.75, 3.05) is 7.11 Å². The van der Waals surface area contributed by atoms with Crippen LogP contribution in [0.1, 0.15) is 21.8 Å². The fourth-order valence-electron chi connectivity index (χ4n) is 1.74. The molecule has 0 unspecified atom stereocenters. The maximum atomic E-state index is 11.1. The second kappa shape index (κ2) is 5.54. The molecule has 2 rings (SSSR count). The molecule has 0 aliphatic heterocycles. The number of nitrogens with zero attached hydrogens (tertiary/aromatic N) is 1. The Bertz CT molecular complexity index is 601. The van der Waals surface area contributed by atoms with Gasteiger partial charge in [0.1, 0.15) is 5.69 Å². The molecule has 1 heterocycles. The molecule has 100 valence electrons. The Labute approximate surface area is 118 Å². The number of carboxylic acid groups (broad SMARTS) is 1. The normalized spacial score (nSPS) is 10.7. The van der Waals surface area contributed by atoms with Gasteiger partial charge in [-0.2, -0.15) is 0 Å². The lowest BCUT2D eigenvalue weighted by Gasteiger charge is -1.99. The van der Waals surface area contributed by atoms with Crippen molar-refractivity contribution in [2.24, 2.45) is 0 Å². The van der Waals surface area contributed by atoms with Crippen molar-refractivity contribution in [3.63, 3.8) is 0 Å². The van der Waals surface area contributed by atoms with Crippen LogP contribution in [0.25, 0.3) is 11.5 Å². The van der Waals surface area contributed by atoms with Gasteiger partial charge in [-0.1, -0.05) is 15.9 Å². The van der Waals surface area contributed by atoms with Gasteiger partial charge >= 0.3 is 5.97 Å². The van der Waals surface area contributed by atoms with Crippen molar-refractivity contribution >= 4 is 21.9 Å². The molecule has 0 aliphatic carbocycles. The van der Waals surface area contributed by atoms with Crippen molar-refractivity contribution in [3.8, 4) is 11.5 Å². The summed E-state index contributed by atoms with van der Waals surface area (Å²) >= 11 is 3.38. The number of aryl methyl sites for hydroxylation is 1. The maximum Gasteiger partial charge on any atom is 0.373 e. The third-order valence-corrected chi connectivity index (χ3v) is 2.92. The average Bonchev–Trinajstić information content (AvgIpc) is 2.72. The number of carbonyl (C=O) groups is 1. The molecule has 19 heavy (non-hydrogen) atoms. The van der Waals surface area contributed by atoms with Gasteiger partial charge in [0.25, 0.3) is 0 Å². The van der Waals surface area contributed by atoms with Crippen LogP contribution in [-0.2, 0) is 11.3 Å². The number of aromatic carboxylic acids is 1. The fourth-order valence-corrected chi connectivity index (χ4v) is 2.34. The van der Waals surface area contributed by atoms with Gasteiger partial charge in [-0.3, -0.25) is 0 Å². The summed E-state index contributed by atoms with van der Waals surface area (Å²) in [6.07, 6.45) is 0. The third-order valence-electron chi connectivity index (χ3n) is 2.46. The molecule has 0 amide bonds. The predicted molar refractivity (Wildman–Crippen MR) is 72.0 cm³/mol. The number of hydrogen-bond donors (Lipinski definition) is 1. The van der Waals surface area contributed by atoms with Crippen molar-refractivity contribution in [1.29, 1.82) is 0 Å². The minimum absolute atomic E-state index is 0.0954. The Morgan fingerprint density at radius 1 is 1.47 bits per heavy atom. The van der Waals surface area contributed by atoms with E-state index in [1.165, 1.54) is 7.11 Å². The van der Waals surface area contributed by atoms with Crippen molar-refractivity contribution in [2.45, 2.75) is 13.5 Å². The monoisotopic (exact) mass is 325 g/mol.